The summed E-state index contributed by atoms with van der Waals surface area (Å²) in [4.78, 5) is 12.4. The monoisotopic (exact) mass is 286 g/mol. The average molecular weight is 287 g/mol. The van der Waals surface area contributed by atoms with E-state index in [1.165, 1.54) is 0 Å². The Morgan fingerprint density at radius 1 is 1.05 bits per heavy atom. The summed E-state index contributed by atoms with van der Waals surface area (Å²) in [6.07, 6.45) is 1.42. The highest BCUT2D eigenvalue weighted by molar-refractivity contribution is 6.30. The number of ketones is 1. The molecule has 0 aromatic heterocycles. The molecule has 1 unspecified atom stereocenters. The maximum Gasteiger partial charge on any atom is 0.163 e. The lowest BCUT2D eigenvalue weighted by atomic mass is 9.75. The van der Waals surface area contributed by atoms with Gasteiger partial charge < -0.3 is 0 Å². The molecular weight excluding hydrogens is 268 g/mol. The van der Waals surface area contributed by atoms with Crippen LogP contribution < -0.4 is 0 Å². The molecule has 0 radical (unpaired) electrons. The minimum atomic E-state index is -0.155. The number of rotatable bonds is 5. The summed E-state index contributed by atoms with van der Waals surface area (Å²) < 4.78 is 0. The Labute approximate surface area is 125 Å². The Morgan fingerprint density at radius 3 is 2.20 bits per heavy atom. The van der Waals surface area contributed by atoms with E-state index in [0.29, 0.717) is 6.42 Å². The lowest BCUT2D eigenvalue weighted by Gasteiger charge is -2.28. The van der Waals surface area contributed by atoms with Gasteiger partial charge in [0.25, 0.3) is 0 Å². The predicted molar refractivity (Wildman–Crippen MR) is 84.5 cm³/mol. The van der Waals surface area contributed by atoms with E-state index in [9.17, 15) is 4.79 Å². The Kier molecular flexibility index (Phi) is 4.61. The van der Waals surface area contributed by atoms with Crippen LogP contribution in [0.15, 0.2) is 54.6 Å². The lowest BCUT2D eigenvalue weighted by Crippen LogP contribution is -2.25. The van der Waals surface area contributed by atoms with Crippen LogP contribution in [0.3, 0.4) is 0 Å². The van der Waals surface area contributed by atoms with Crippen molar-refractivity contribution < 1.29 is 4.79 Å². The molecule has 0 aliphatic carbocycles. The first-order chi connectivity index (χ1) is 9.55. The number of carbonyl (C=O) groups is 1. The molecule has 0 bridgehead atoms. The summed E-state index contributed by atoms with van der Waals surface area (Å²) in [5, 5.41) is 0.724. The highest BCUT2D eigenvalue weighted by Gasteiger charge is 2.28. The molecule has 20 heavy (non-hydrogen) atoms. The van der Waals surface area contributed by atoms with Crippen LogP contribution in [-0.4, -0.2) is 5.78 Å². The second-order valence-electron chi connectivity index (χ2n) is 5.39. The van der Waals surface area contributed by atoms with Crippen molar-refractivity contribution in [2.24, 2.45) is 0 Å². The molecule has 0 heterocycles. The molecule has 0 saturated carbocycles. The maximum atomic E-state index is 12.4. The molecule has 1 nitrogen and oxygen atoms in total. The standard InChI is InChI=1S/C18H19ClO/c1-3-18(2,15-9-11-16(19)12-10-15)13-17(20)14-7-5-4-6-8-14/h4-12H,3,13H2,1-2H3. The third-order valence-electron chi connectivity index (χ3n) is 3.97. The van der Waals surface area contributed by atoms with E-state index in [1.54, 1.807) is 0 Å². The van der Waals surface area contributed by atoms with E-state index in [1.807, 2.05) is 54.6 Å². The van der Waals surface area contributed by atoms with Crippen LogP contribution in [0.2, 0.25) is 5.02 Å². The Hall–Kier alpha value is -1.60. The van der Waals surface area contributed by atoms with E-state index in [-0.39, 0.29) is 11.2 Å². The van der Waals surface area contributed by atoms with Gasteiger partial charge in [0.05, 0.1) is 0 Å². The molecule has 2 heteroatoms. The largest absolute Gasteiger partial charge is 0.294 e. The van der Waals surface area contributed by atoms with E-state index in [0.717, 1.165) is 22.6 Å². The van der Waals surface area contributed by atoms with Crippen molar-refractivity contribution in [2.45, 2.75) is 32.1 Å². The van der Waals surface area contributed by atoms with Crippen LogP contribution in [0.5, 0.6) is 0 Å². The maximum absolute atomic E-state index is 12.4. The zero-order valence-electron chi connectivity index (χ0n) is 11.9. The number of benzene rings is 2. The fraction of sp³-hybridized carbons (Fsp3) is 0.278. The zero-order valence-corrected chi connectivity index (χ0v) is 12.7. The van der Waals surface area contributed by atoms with Crippen LogP contribution in [-0.2, 0) is 5.41 Å². The fourth-order valence-corrected chi connectivity index (χ4v) is 2.49. The third-order valence-corrected chi connectivity index (χ3v) is 4.22. The molecular formula is C18H19ClO. The Bertz CT molecular complexity index is 574. The molecule has 0 saturated heterocycles. The zero-order chi connectivity index (χ0) is 14.6. The molecule has 104 valence electrons. The third kappa shape index (κ3) is 3.29. The van der Waals surface area contributed by atoms with Gasteiger partial charge in [-0.25, -0.2) is 0 Å². The summed E-state index contributed by atoms with van der Waals surface area (Å²) in [7, 11) is 0. The van der Waals surface area contributed by atoms with Crippen molar-refractivity contribution in [1.29, 1.82) is 0 Å². The highest BCUT2D eigenvalue weighted by Crippen LogP contribution is 2.33. The summed E-state index contributed by atoms with van der Waals surface area (Å²) in [6.45, 7) is 4.25. The molecule has 0 N–H and O–H groups in total. The van der Waals surface area contributed by atoms with Crippen LogP contribution in [0.1, 0.15) is 42.6 Å². The summed E-state index contributed by atoms with van der Waals surface area (Å²) in [6, 6.07) is 17.3. The van der Waals surface area contributed by atoms with E-state index >= 15 is 0 Å². The number of hydrogen-bond donors (Lipinski definition) is 0. The fourth-order valence-electron chi connectivity index (χ4n) is 2.36. The van der Waals surface area contributed by atoms with Gasteiger partial charge in [0.15, 0.2) is 5.78 Å². The Morgan fingerprint density at radius 2 is 1.65 bits per heavy atom. The smallest absolute Gasteiger partial charge is 0.163 e. The lowest BCUT2D eigenvalue weighted by molar-refractivity contribution is 0.0952. The van der Waals surface area contributed by atoms with Crippen LogP contribution >= 0.6 is 11.6 Å². The van der Waals surface area contributed by atoms with E-state index in [4.69, 9.17) is 11.6 Å². The molecule has 2 aromatic rings. The van der Waals surface area contributed by atoms with Gasteiger partial charge in [-0.15, -0.1) is 0 Å². The van der Waals surface area contributed by atoms with Crippen molar-refractivity contribution in [1.82, 2.24) is 0 Å². The highest BCUT2D eigenvalue weighted by atomic mass is 35.5. The Balaban J connectivity index is 2.23. The van der Waals surface area contributed by atoms with E-state index in [2.05, 4.69) is 13.8 Å². The minimum absolute atomic E-state index is 0.155. The topological polar surface area (TPSA) is 17.1 Å². The number of carbonyl (C=O) groups excluding carboxylic acids is 1. The first kappa shape index (κ1) is 14.8. The normalized spacial score (nSPS) is 13.8. The van der Waals surface area contributed by atoms with Crippen molar-refractivity contribution in [3.63, 3.8) is 0 Å². The molecule has 0 amide bonds. The van der Waals surface area contributed by atoms with Crippen LogP contribution in [0, 0.1) is 0 Å². The number of halogens is 1. The summed E-state index contributed by atoms with van der Waals surface area (Å²) >= 11 is 5.94. The second kappa shape index (κ2) is 6.23. The molecule has 0 aliphatic heterocycles. The summed E-state index contributed by atoms with van der Waals surface area (Å²) in [5.74, 6) is 0.185. The molecule has 2 rings (SSSR count). The molecule has 0 aliphatic rings. The summed E-state index contributed by atoms with van der Waals surface area (Å²) in [5.41, 5.74) is 1.78. The van der Waals surface area contributed by atoms with Crippen molar-refractivity contribution in [3.8, 4) is 0 Å². The minimum Gasteiger partial charge on any atom is -0.294 e. The van der Waals surface area contributed by atoms with Gasteiger partial charge in [-0.3, -0.25) is 4.79 Å². The number of hydrogen-bond acceptors (Lipinski definition) is 1. The first-order valence-corrected chi connectivity index (χ1v) is 7.27. The van der Waals surface area contributed by atoms with Crippen molar-refractivity contribution in [3.05, 3.63) is 70.7 Å². The van der Waals surface area contributed by atoms with Gasteiger partial charge in [0, 0.05) is 17.0 Å². The van der Waals surface area contributed by atoms with Gasteiger partial charge in [-0.05, 0) is 29.5 Å². The van der Waals surface area contributed by atoms with Crippen LogP contribution in [0.25, 0.3) is 0 Å². The quantitative estimate of drug-likeness (QED) is 0.683. The molecule has 1 atom stereocenters. The molecule has 2 aromatic carbocycles. The first-order valence-electron chi connectivity index (χ1n) is 6.89. The van der Waals surface area contributed by atoms with Crippen molar-refractivity contribution in [2.75, 3.05) is 0 Å². The van der Waals surface area contributed by atoms with Crippen LogP contribution in [0.4, 0.5) is 0 Å². The van der Waals surface area contributed by atoms with Gasteiger partial charge in [-0.2, -0.15) is 0 Å². The molecule has 0 spiro atoms. The van der Waals surface area contributed by atoms with Gasteiger partial charge >= 0.3 is 0 Å². The second-order valence-corrected chi connectivity index (χ2v) is 5.82. The SMILES string of the molecule is CCC(C)(CC(=O)c1ccccc1)c1ccc(Cl)cc1. The van der Waals surface area contributed by atoms with Gasteiger partial charge in [0.2, 0.25) is 0 Å². The van der Waals surface area contributed by atoms with Gasteiger partial charge in [-0.1, -0.05) is 67.9 Å². The van der Waals surface area contributed by atoms with Gasteiger partial charge in [0.1, 0.15) is 0 Å². The molecule has 0 fully saturated rings. The van der Waals surface area contributed by atoms with E-state index < -0.39 is 0 Å². The number of Topliss-reactive ketones (excluding diaryl/α,β-unsaturated/α-hetero) is 1. The van der Waals surface area contributed by atoms with Crippen molar-refractivity contribution >= 4 is 17.4 Å². The average Bonchev–Trinajstić information content (AvgIpc) is 2.48. The predicted octanol–water partition coefficient (Wildman–Crippen LogP) is 5.28.